The molecule has 6 nitrogen and oxygen atoms in total. The van der Waals surface area contributed by atoms with Crippen LogP contribution in [0.2, 0.25) is 0 Å². The number of aromatic nitrogens is 1. The number of hydrogen-bond donors (Lipinski definition) is 0. The molecule has 0 bridgehead atoms. The summed E-state index contributed by atoms with van der Waals surface area (Å²) < 4.78 is 6.08. The second-order valence-corrected chi connectivity index (χ2v) is 5.68. The average molecular weight is 326 g/mol. The van der Waals surface area contributed by atoms with Crippen molar-refractivity contribution in [3.05, 3.63) is 71.2 Å². The van der Waals surface area contributed by atoms with Gasteiger partial charge in [0.2, 0.25) is 6.10 Å². The van der Waals surface area contributed by atoms with Crippen LogP contribution >= 0.6 is 0 Å². The summed E-state index contributed by atoms with van der Waals surface area (Å²) in [6.07, 6.45) is 3.39. The van der Waals surface area contributed by atoms with Crippen LogP contribution in [0.1, 0.15) is 34.9 Å². The van der Waals surface area contributed by atoms with Crippen LogP contribution in [-0.2, 0) is 9.53 Å². The van der Waals surface area contributed by atoms with E-state index in [1.54, 1.807) is 29.2 Å². The van der Waals surface area contributed by atoms with Crippen LogP contribution < -0.4 is 4.73 Å². The fourth-order valence-corrected chi connectivity index (χ4v) is 2.72. The van der Waals surface area contributed by atoms with E-state index in [1.165, 1.54) is 24.5 Å². The molecule has 1 fully saturated rings. The van der Waals surface area contributed by atoms with Gasteiger partial charge in [-0.25, -0.2) is 4.79 Å². The summed E-state index contributed by atoms with van der Waals surface area (Å²) >= 11 is 0. The molecule has 124 valence electrons. The fourth-order valence-electron chi connectivity index (χ4n) is 2.72. The van der Waals surface area contributed by atoms with Crippen molar-refractivity contribution in [2.75, 3.05) is 13.1 Å². The van der Waals surface area contributed by atoms with Crippen LogP contribution in [0.15, 0.2) is 54.9 Å². The third-order valence-electron chi connectivity index (χ3n) is 4.01. The van der Waals surface area contributed by atoms with Crippen LogP contribution in [0, 0.1) is 5.21 Å². The Kier molecular flexibility index (Phi) is 4.74. The second-order valence-electron chi connectivity index (χ2n) is 5.68. The van der Waals surface area contributed by atoms with Gasteiger partial charge in [0.15, 0.2) is 12.4 Å². The van der Waals surface area contributed by atoms with Gasteiger partial charge in [-0.05, 0) is 12.8 Å². The van der Waals surface area contributed by atoms with E-state index in [1.807, 2.05) is 6.07 Å². The highest BCUT2D eigenvalue weighted by molar-refractivity contribution is 5.92. The highest BCUT2D eigenvalue weighted by Gasteiger charge is 2.31. The van der Waals surface area contributed by atoms with Crippen molar-refractivity contribution in [2.45, 2.75) is 18.9 Å². The molecule has 1 aromatic carbocycles. The van der Waals surface area contributed by atoms with Crippen molar-refractivity contribution in [2.24, 2.45) is 0 Å². The van der Waals surface area contributed by atoms with E-state index in [2.05, 4.69) is 0 Å². The lowest BCUT2D eigenvalue weighted by Crippen LogP contribution is -2.35. The predicted octanol–water partition coefficient (Wildman–Crippen LogP) is 1.84. The summed E-state index contributed by atoms with van der Waals surface area (Å²) in [5.74, 6) is -0.834. The van der Waals surface area contributed by atoms with E-state index < -0.39 is 12.1 Å². The van der Waals surface area contributed by atoms with Crippen LogP contribution in [0.3, 0.4) is 0 Å². The number of carbonyl (C=O) groups excluding carboxylic acids is 2. The first kappa shape index (κ1) is 16.0. The molecule has 0 N–H and O–H groups in total. The van der Waals surface area contributed by atoms with Gasteiger partial charge in [-0.1, -0.05) is 30.3 Å². The molecule has 24 heavy (non-hydrogen) atoms. The van der Waals surface area contributed by atoms with Gasteiger partial charge in [-0.2, -0.15) is 4.73 Å². The molecule has 0 spiro atoms. The molecule has 0 radical (unpaired) electrons. The van der Waals surface area contributed by atoms with Crippen molar-refractivity contribution in [1.82, 2.24) is 4.90 Å². The van der Waals surface area contributed by atoms with E-state index in [-0.39, 0.29) is 11.5 Å². The summed E-state index contributed by atoms with van der Waals surface area (Å²) in [4.78, 5) is 26.8. The van der Waals surface area contributed by atoms with Crippen molar-refractivity contribution in [1.29, 1.82) is 0 Å². The Bertz CT molecular complexity index is 710. The zero-order valence-corrected chi connectivity index (χ0v) is 13.1. The topological polar surface area (TPSA) is 73.6 Å². The van der Waals surface area contributed by atoms with Gasteiger partial charge in [0.1, 0.15) is 0 Å². The molecule has 0 aliphatic carbocycles. The number of likely N-dealkylation sites (tertiary alicyclic amines) is 1. The Morgan fingerprint density at radius 1 is 1.04 bits per heavy atom. The lowest BCUT2D eigenvalue weighted by Gasteiger charge is -2.23. The maximum absolute atomic E-state index is 12.8. The first-order chi connectivity index (χ1) is 11.6. The number of carbonyl (C=O) groups is 2. The lowest BCUT2D eigenvalue weighted by atomic mass is 10.1. The van der Waals surface area contributed by atoms with Crippen molar-refractivity contribution < 1.29 is 19.1 Å². The minimum Gasteiger partial charge on any atom is -0.619 e. The highest BCUT2D eigenvalue weighted by atomic mass is 16.5. The molecule has 2 aromatic rings. The van der Waals surface area contributed by atoms with Gasteiger partial charge < -0.3 is 14.8 Å². The molecule has 6 heteroatoms. The summed E-state index contributed by atoms with van der Waals surface area (Å²) in [7, 11) is 0. The van der Waals surface area contributed by atoms with E-state index >= 15 is 0 Å². The zero-order valence-electron chi connectivity index (χ0n) is 13.1. The zero-order chi connectivity index (χ0) is 16.9. The van der Waals surface area contributed by atoms with Crippen LogP contribution in [0.5, 0.6) is 0 Å². The third-order valence-corrected chi connectivity index (χ3v) is 4.01. The SMILES string of the molecule is O=C(O[C@@H](C(=O)N1CCCC1)c1ccccc1)c1cc[n+]([O-])cc1. The number of nitrogens with zero attached hydrogens (tertiary/aromatic N) is 2. The minimum absolute atomic E-state index is 0.207. The largest absolute Gasteiger partial charge is 0.619 e. The minimum atomic E-state index is -0.976. The molecular weight excluding hydrogens is 308 g/mol. The first-order valence-electron chi connectivity index (χ1n) is 7.89. The van der Waals surface area contributed by atoms with Gasteiger partial charge >= 0.3 is 5.97 Å². The average Bonchev–Trinajstić information content (AvgIpc) is 3.15. The molecule has 0 unspecified atom stereocenters. The molecule has 1 saturated heterocycles. The molecule has 1 atom stereocenters. The Morgan fingerprint density at radius 2 is 1.67 bits per heavy atom. The van der Waals surface area contributed by atoms with Gasteiger partial charge in [0.05, 0.1) is 5.56 Å². The normalized spacial score (nSPS) is 15.1. The maximum Gasteiger partial charge on any atom is 0.339 e. The van der Waals surface area contributed by atoms with E-state index in [4.69, 9.17) is 4.74 Å². The number of amides is 1. The molecule has 1 amide bonds. The van der Waals surface area contributed by atoms with Gasteiger partial charge in [0, 0.05) is 30.8 Å². The van der Waals surface area contributed by atoms with Crippen LogP contribution in [0.25, 0.3) is 0 Å². The van der Waals surface area contributed by atoms with Crippen LogP contribution in [0.4, 0.5) is 0 Å². The van der Waals surface area contributed by atoms with Gasteiger partial charge in [-0.3, -0.25) is 4.79 Å². The summed E-state index contributed by atoms with van der Waals surface area (Å²) in [5, 5.41) is 11.1. The molecule has 1 aromatic heterocycles. The number of benzene rings is 1. The number of esters is 1. The number of hydrogen-bond acceptors (Lipinski definition) is 4. The van der Waals surface area contributed by atoms with Crippen LogP contribution in [-0.4, -0.2) is 29.9 Å². The number of pyridine rings is 1. The van der Waals surface area contributed by atoms with Crippen molar-refractivity contribution >= 4 is 11.9 Å². The Labute approximate surface area is 139 Å². The van der Waals surface area contributed by atoms with Crippen molar-refractivity contribution in [3.63, 3.8) is 0 Å². The first-order valence-corrected chi connectivity index (χ1v) is 7.89. The fraction of sp³-hybridized carbons (Fsp3) is 0.278. The standard InChI is InChI=1S/C18H18N2O4/c21-17(19-10-4-5-11-19)16(14-6-2-1-3-7-14)24-18(22)15-8-12-20(23)13-9-15/h1-3,6-9,12-13,16H,4-5,10-11H2/t16-/m1/s1. The van der Waals surface area contributed by atoms with E-state index in [9.17, 15) is 14.8 Å². The quantitative estimate of drug-likeness (QED) is 0.488. The second kappa shape index (κ2) is 7.12. The Balaban J connectivity index is 1.83. The summed E-state index contributed by atoms with van der Waals surface area (Å²) in [5.41, 5.74) is 0.870. The highest BCUT2D eigenvalue weighted by Crippen LogP contribution is 2.24. The maximum atomic E-state index is 12.8. The molecule has 0 saturated carbocycles. The van der Waals surface area contributed by atoms with E-state index in [0.29, 0.717) is 23.4 Å². The third kappa shape index (κ3) is 3.53. The van der Waals surface area contributed by atoms with Gasteiger partial charge in [-0.15, -0.1) is 0 Å². The number of ether oxygens (including phenoxy) is 1. The lowest BCUT2D eigenvalue weighted by molar-refractivity contribution is -0.605. The molecule has 1 aliphatic rings. The smallest absolute Gasteiger partial charge is 0.339 e. The molecular formula is C18H18N2O4. The number of rotatable bonds is 4. The Morgan fingerprint density at radius 3 is 2.29 bits per heavy atom. The van der Waals surface area contributed by atoms with Crippen molar-refractivity contribution in [3.8, 4) is 0 Å². The molecule has 1 aliphatic heterocycles. The van der Waals surface area contributed by atoms with E-state index in [0.717, 1.165) is 12.8 Å². The molecule has 3 rings (SSSR count). The summed E-state index contributed by atoms with van der Waals surface area (Å²) in [6.45, 7) is 1.36. The molecule has 2 heterocycles. The predicted molar refractivity (Wildman–Crippen MR) is 85.8 cm³/mol. The monoisotopic (exact) mass is 326 g/mol. The Hall–Kier alpha value is -2.89. The summed E-state index contributed by atoms with van der Waals surface area (Å²) in [6, 6.07) is 11.7. The van der Waals surface area contributed by atoms with Gasteiger partial charge in [0.25, 0.3) is 5.91 Å².